The molecule has 0 aliphatic rings. The predicted octanol–water partition coefficient (Wildman–Crippen LogP) is 7.88. The second kappa shape index (κ2) is 17.3. The van der Waals surface area contributed by atoms with Gasteiger partial charge in [0.1, 0.15) is 12.2 Å². The predicted molar refractivity (Wildman–Crippen MR) is 174 cm³/mol. The van der Waals surface area contributed by atoms with Gasteiger partial charge < -0.3 is 23.4 Å². The monoisotopic (exact) mass is 604 g/mol. The first kappa shape index (κ1) is 34.4. The van der Waals surface area contributed by atoms with Crippen LogP contribution < -0.4 is 0 Å². The minimum Gasteiger partial charge on any atom is -0.457 e. The van der Waals surface area contributed by atoms with Crippen LogP contribution in [0.3, 0.4) is 0 Å². The molecule has 0 aromatic heterocycles. The van der Waals surface area contributed by atoms with Crippen LogP contribution in [0.2, 0.25) is 18.1 Å². The van der Waals surface area contributed by atoms with Crippen LogP contribution in [0.1, 0.15) is 44.4 Å². The lowest BCUT2D eigenvalue weighted by Crippen LogP contribution is -2.45. The topological polar surface area (TPSA) is 63.2 Å². The molecule has 3 aromatic carbocycles. The summed E-state index contributed by atoms with van der Waals surface area (Å²) in [6, 6.07) is 29.8. The van der Waals surface area contributed by atoms with Crippen molar-refractivity contribution in [3.63, 3.8) is 0 Å². The van der Waals surface area contributed by atoms with Crippen molar-refractivity contribution in [2.45, 2.75) is 84.0 Å². The first-order valence-electron chi connectivity index (χ1n) is 15.0. The van der Waals surface area contributed by atoms with Gasteiger partial charge in [0.15, 0.2) is 14.4 Å². The van der Waals surface area contributed by atoms with Gasteiger partial charge in [-0.05, 0) is 34.8 Å². The molecule has 0 bridgehead atoms. The van der Waals surface area contributed by atoms with E-state index in [4.69, 9.17) is 23.4 Å². The molecular formula is C36H48O6Si. The van der Waals surface area contributed by atoms with Crippen molar-refractivity contribution in [1.82, 2.24) is 0 Å². The quantitative estimate of drug-likeness (QED) is 0.0887. The first-order valence-corrected chi connectivity index (χ1v) is 17.9. The standard InChI is InChI=1S/C36H48O6Si/c1-29(37)42-34(28-38-25-30-17-10-7-11-18-30)35(40-27-32-21-14-9-15-22-32)33(39-26-31-19-12-8-13-20-31)23-16-24-41-43(5,6)36(2,3)4/h7-23,33-35H,24-28H2,1-6H3/b23-16+/t33-,34+,35+/m1/s1. The smallest absolute Gasteiger partial charge is 0.303 e. The fourth-order valence-electron chi connectivity index (χ4n) is 4.15. The fraction of sp³-hybridized carbons (Fsp3) is 0.417. The van der Waals surface area contributed by atoms with Crippen LogP contribution in [0.4, 0.5) is 0 Å². The van der Waals surface area contributed by atoms with Gasteiger partial charge >= 0.3 is 5.97 Å². The van der Waals surface area contributed by atoms with Crippen LogP contribution in [0.5, 0.6) is 0 Å². The van der Waals surface area contributed by atoms with Gasteiger partial charge in [-0.15, -0.1) is 0 Å². The van der Waals surface area contributed by atoms with Gasteiger partial charge in [-0.1, -0.05) is 124 Å². The van der Waals surface area contributed by atoms with E-state index in [1.807, 2.05) is 103 Å². The lowest BCUT2D eigenvalue weighted by atomic mass is 10.1. The molecule has 0 unspecified atom stereocenters. The van der Waals surface area contributed by atoms with Crippen molar-refractivity contribution in [3.8, 4) is 0 Å². The van der Waals surface area contributed by atoms with Crippen LogP contribution >= 0.6 is 0 Å². The summed E-state index contributed by atoms with van der Waals surface area (Å²) in [6.45, 7) is 14.2. The number of hydrogen-bond donors (Lipinski definition) is 0. The van der Waals surface area contributed by atoms with E-state index in [0.29, 0.717) is 26.4 Å². The molecule has 3 aromatic rings. The molecule has 6 nitrogen and oxygen atoms in total. The molecule has 0 fully saturated rings. The molecule has 3 rings (SSSR count). The summed E-state index contributed by atoms with van der Waals surface area (Å²) in [6.07, 6.45) is 2.06. The highest BCUT2D eigenvalue weighted by atomic mass is 28.4. The number of carbonyl (C=O) groups excluding carboxylic acids is 1. The average Bonchev–Trinajstić information content (AvgIpc) is 2.98. The molecule has 0 aliphatic carbocycles. The molecule has 43 heavy (non-hydrogen) atoms. The first-order chi connectivity index (χ1) is 20.5. The van der Waals surface area contributed by atoms with Crippen molar-refractivity contribution >= 4 is 14.3 Å². The van der Waals surface area contributed by atoms with Crippen molar-refractivity contribution in [1.29, 1.82) is 0 Å². The van der Waals surface area contributed by atoms with Crippen molar-refractivity contribution < 1.29 is 28.2 Å². The summed E-state index contributed by atoms with van der Waals surface area (Å²) in [5.74, 6) is -0.409. The molecule has 0 N–H and O–H groups in total. The zero-order valence-electron chi connectivity index (χ0n) is 26.5. The Morgan fingerprint density at radius 2 is 1.26 bits per heavy atom. The average molecular weight is 605 g/mol. The third-order valence-corrected chi connectivity index (χ3v) is 12.1. The van der Waals surface area contributed by atoms with Gasteiger partial charge in [0.2, 0.25) is 0 Å². The fourth-order valence-corrected chi connectivity index (χ4v) is 5.09. The van der Waals surface area contributed by atoms with E-state index in [-0.39, 0.29) is 11.6 Å². The molecule has 0 amide bonds. The number of esters is 1. The molecule has 0 aliphatic heterocycles. The van der Waals surface area contributed by atoms with Crippen LogP contribution in [-0.4, -0.2) is 45.8 Å². The van der Waals surface area contributed by atoms with E-state index in [1.165, 1.54) is 6.92 Å². The van der Waals surface area contributed by atoms with E-state index in [1.54, 1.807) is 0 Å². The van der Waals surface area contributed by atoms with Gasteiger partial charge in [0, 0.05) is 6.92 Å². The third kappa shape index (κ3) is 12.2. The Labute approximate surface area is 259 Å². The molecular weight excluding hydrogens is 556 g/mol. The highest BCUT2D eigenvalue weighted by Gasteiger charge is 2.37. The van der Waals surface area contributed by atoms with E-state index in [9.17, 15) is 4.79 Å². The van der Waals surface area contributed by atoms with Crippen LogP contribution in [0.15, 0.2) is 103 Å². The maximum Gasteiger partial charge on any atom is 0.303 e. The van der Waals surface area contributed by atoms with Gasteiger partial charge in [-0.2, -0.15) is 0 Å². The summed E-state index contributed by atoms with van der Waals surface area (Å²) < 4.78 is 31.4. The number of ether oxygens (including phenoxy) is 4. The Balaban J connectivity index is 1.87. The van der Waals surface area contributed by atoms with E-state index in [2.05, 4.69) is 33.9 Å². The highest BCUT2D eigenvalue weighted by Crippen LogP contribution is 2.36. The zero-order chi connectivity index (χ0) is 31.1. The molecule has 7 heteroatoms. The molecule has 0 radical (unpaired) electrons. The second-order valence-corrected chi connectivity index (χ2v) is 17.0. The summed E-state index contributed by atoms with van der Waals surface area (Å²) in [4.78, 5) is 12.3. The molecule has 232 valence electrons. The summed E-state index contributed by atoms with van der Waals surface area (Å²) in [5, 5.41) is 0.0991. The molecule has 0 heterocycles. The molecule has 0 saturated heterocycles. The zero-order valence-corrected chi connectivity index (χ0v) is 27.5. The summed E-state index contributed by atoms with van der Waals surface area (Å²) >= 11 is 0. The summed E-state index contributed by atoms with van der Waals surface area (Å²) in [7, 11) is -1.94. The molecule has 3 atom stereocenters. The Bertz CT molecular complexity index is 1220. The number of benzene rings is 3. The third-order valence-electron chi connectivity index (χ3n) is 7.64. The maximum atomic E-state index is 12.3. The van der Waals surface area contributed by atoms with Gasteiger partial charge in [0.25, 0.3) is 0 Å². The Morgan fingerprint density at radius 3 is 1.74 bits per heavy atom. The largest absolute Gasteiger partial charge is 0.457 e. The number of rotatable bonds is 17. The Morgan fingerprint density at radius 1 is 0.767 bits per heavy atom. The van der Waals surface area contributed by atoms with Crippen LogP contribution in [0.25, 0.3) is 0 Å². The Kier molecular flexibility index (Phi) is 13.8. The SMILES string of the molecule is CC(=O)O[C@@H](COCc1ccccc1)[C@@H](OCc1ccccc1)[C@@H](/C=C/CO[Si](C)(C)C(C)(C)C)OCc1ccccc1. The van der Waals surface area contributed by atoms with Crippen molar-refractivity contribution in [2.24, 2.45) is 0 Å². The van der Waals surface area contributed by atoms with Crippen molar-refractivity contribution in [3.05, 3.63) is 120 Å². The minimum absolute atomic E-state index is 0.0991. The number of carbonyl (C=O) groups is 1. The second-order valence-electron chi connectivity index (χ2n) is 12.2. The maximum absolute atomic E-state index is 12.3. The highest BCUT2D eigenvalue weighted by molar-refractivity contribution is 6.74. The van der Waals surface area contributed by atoms with E-state index >= 15 is 0 Å². The van der Waals surface area contributed by atoms with E-state index < -0.39 is 32.6 Å². The summed E-state index contributed by atoms with van der Waals surface area (Å²) in [5.41, 5.74) is 3.07. The Hall–Kier alpha value is -3.07. The van der Waals surface area contributed by atoms with Crippen LogP contribution in [-0.2, 0) is 48.0 Å². The molecule has 0 spiro atoms. The van der Waals surface area contributed by atoms with Gasteiger partial charge in [-0.25, -0.2) is 0 Å². The lowest BCUT2D eigenvalue weighted by molar-refractivity contribution is -0.174. The normalized spacial score (nSPS) is 14.4. The lowest BCUT2D eigenvalue weighted by Gasteiger charge is -2.36. The van der Waals surface area contributed by atoms with Gasteiger partial charge in [-0.3, -0.25) is 4.79 Å². The van der Waals surface area contributed by atoms with Crippen molar-refractivity contribution in [2.75, 3.05) is 13.2 Å². The van der Waals surface area contributed by atoms with Crippen LogP contribution in [0, 0.1) is 0 Å². The van der Waals surface area contributed by atoms with Gasteiger partial charge in [0.05, 0.1) is 33.0 Å². The number of hydrogen-bond acceptors (Lipinski definition) is 6. The molecule has 0 saturated carbocycles. The minimum atomic E-state index is -1.94. The van der Waals surface area contributed by atoms with E-state index in [0.717, 1.165) is 16.7 Å².